The quantitative estimate of drug-likeness (QED) is 0.665. The molecule has 0 aliphatic carbocycles. The van der Waals surface area contributed by atoms with Crippen LogP contribution in [0.1, 0.15) is 23.0 Å². The second-order valence-electron chi connectivity index (χ2n) is 5.85. The van der Waals surface area contributed by atoms with Crippen LogP contribution < -0.4 is 15.6 Å². The molecule has 1 atom stereocenters. The van der Waals surface area contributed by atoms with Gasteiger partial charge < -0.3 is 9.15 Å². The Morgan fingerprint density at radius 3 is 2.56 bits per heavy atom. The van der Waals surface area contributed by atoms with Crippen molar-refractivity contribution in [3.8, 4) is 5.75 Å². The highest BCUT2D eigenvalue weighted by atomic mass is 35.5. The van der Waals surface area contributed by atoms with Crippen molar-refractivity contribution in [3.05, 3.63) is 64.6 Å². The number of ether oxygens (including phenoxy) is 1. The lowest BCUT2D eigenvalue weighted by molar-refractivity contribution is -0.128. The van der Waals surface area contributed by atoms with Crippen LogP contribution in [-0.2, 0) is 4.79 Å². The number of carbonyl (C=O) groups is 2. The minimum atomic E-state index is -0.911. The molecule has 0 saturated heterocycles. The van der Waals surface area contributed by atoms with Crippen molar-refractivity contribution in [2.24, 2.45) is 0 Å². The number of aryl methyl sites for hydroxylation is 1. The molecule has 1 aromatic heterocycles. The summed E-state index contributed by atoms with van der Waals surface area (Å²) in [6, 6.07) is 10.3. The summed E-state index contributed by atoms with van der Waals surface area (Å²) in [4.78, 5) is 24.4. The Labute approximate surface area is 159 Å². The average Bonchev–Trinajstić information content (AvgIpc) is 2.97. The van der Waals surface area contributed by atoms with Crippen molar-refractivity contribution in [2.75, 3.05) is 0 Å². The van der Waals surface area contributed by atoms with Gasteiger partial charge in [0.2, 0.25) is 0 Å². The van der Waals surface area contributed by atoms with Crippen LogP contribution in [0.4, 0.5) is 4.39 Å². The number of halogens is 2. The zero-order valence-electron chi connectivity index (χ0n) is 14.5. The normalized spacial score (nSPS) is 11.9. The topological polar surface area (TPSA) is 80.6 Å². The highest BCUT2D eigenvalue weighted by molar-refractivity contribution is 6.31. The summed E-state index contributed by atoms with van der Waals surface area (Å²) in [5, 5.41) is 1.24. The van der Waals surface area contributed by atoms with E-state index in [2.05, 4.69) is 10.9 Å². The van der Waals surface area contributed by atoms with Crippen LogP contribution in [0.5, 0.6) is 5.75 Å². The number of nitrogens with one attached hydrogen (secondary N) is 2. The fourth-order valence-corrected chi connectivity index (χ4v) is 2.63. The van der Waals surface area contributed by atoms with Gasteiger partial charge in [-0.1, -0.05) is 11.6 Å². The molecule has 0 aliphatic heterocycles. The van der Waals surface area contributed by atoms with Gasteiger partial charge in [0, 0.05) is 16.0 Å². The van der Waals surface area contributed by atoms with E-state index in [0.29, 0.717) is 27.3 Å². The van der Waals surface area contributed by atoms with Crippen LogP contribution >= 0.6 is 11.6 Å². The summed E-state index contributed by atoms with van der Waals surface area (Å²) in [5.41, 5.74) is 5.68. The lowest BCUT2D eigenvalue weighted by Crippen LogP contribution is -2.47. The molecule has 6 nitrogen and oxygen atoms in total. The predicted molar refractivity (Wildman–Crippen MR) is 98.1 cm³/mol. The molecule has 2 aromatic carbocycles. The molecule has 8 heteroatoms. The summed E-state index contributed by atoms with van der Waals surface area (Å²) >= 11 is 5.96. The SMILES string of the molecule is Cc1c(C(=O)NNC(=O)[C@@H](C)Oc2ccc(F)cc2)oc2ccc(Cl)cc12. The molecule has 0 radical (unpaired) electrons. The molecule has 140 valence electrons. The van der Waals surface area contributed by atoms with Crippen molar-refractivity contribution in [2.45, 2.75) is 20.0 Å². The van der Waals surface area contributed by atoms with Gasteiger partial charge in [0.25, 0.3) is 5.91 Å². The molecule has 2 N–H and O–H groups in total. The molecule has 0 spiro atoms. The predicted octanol–water partition coefficient (Wildman–Crippen LogP) is 3.76. The number of benzene rings is 2. The summed E-state index contributed by atoms with van der Waals surface area (Å²) in [6.45, 7) is 3.22. The molecule has 3 aromatic rings. The lowest BCUT2D eigenvalue weighted by Gasteiger charge is -2.14. The Balaban J connectivity index is 1.62. The average molecular weight is 391 g/mol. The highest BCUT2D eigenvalue weighted by Crippen LogP contribution is 2.27. The van der Waals surface area contributed by atoms with Gasteiger partial charge in [-0.3, -0.25) is 20.4 Å². The van der Waals surface area contributed by atoms with E-state index in [1.807, 2.05) is 0 Å². The second-order valence-corrected chi connectivity index (χ2v) is 6.29. The van der Waals surface area contributed by atoms with E-state index < -0.39 is 23.7 Å². The lowest BCUT2D eigenvalue weighted by atomic mass is 10.1. The molecule has 27 heavy (non-hydrogen) atoms. The Kier molecular flexibility index (Phi) is 5.32. The number of furan rings is 1. The molecule has 0 unspecified atom stereocenters. The maximum Gasteiger partial charge on any atom is 0.305 e. The third kappa shape index (κ3) is 4.20. The Hall–Kier alpha value is -3.06. The summed E-state index contributed by atoms with van der Waals surface area (Å²) in [6.07, 6.45) is -0.911. The van der Waals surface area contributed by atoms with Crippen LogP contribution in [0.25, 0.3) is 11.0 Å². The minimum absolute atomic E-state index is 0.0691. The third-order valence-electron chi connectivity index (χ3n) is 3.90. The molecule has 0 bridgehead atoms. The second kappa shape index (κ2) is 7.67. The van der Waals surface area contributed by atoms with Crippen LogP contribution in [0, 0.1) is 12.7 Å². The first-order valence-corrected chi connectivity index (χ1v) is 8.44. The third-order valence-corrected chi connectivity index (χ3v) is 4.13. The number of amides is 2. The van der Waals surface area contributed by atoms with Crippen LogP contribution in [0.2, 0.25) is 5.02 Å². The minimum Gasteiger partial charge on any atom is -0.481 e. The monoisotopic (exact) mass is 390 g/mol. The van der Waals surface area contributed by atoms with Gasteiger partial charge in [-0.05, 0) is 56.3 Å². The number of hydrogen-bond donors (Lipinski definition) is 2. The van der Waals surface area contributed by atoms with Crippen LogP contribution in [0.15, 0.2) is 46.9 Å². The fraction of sp³-hybridized carbons (Fsp3) is 0.158. The summed E-state index contributed by atoms with van der Waals surface area (Å²) < 4.78 is 23.8. The number of carbonyl (C=O) groups excluding carboxylic acids is 2. The number of hydrazine groups is 1. The first kappa shape index (κ1) is 18.7. The highest BCUT2D eigenvalue weighted by Gasteiger charge is 2.20. The Morgan fingerprint density at radius 2 is 1.85 bits per heavy atom. The van der Waals surface area contributed by atoms with Gasteiger partial charge in [-0.25, -0.2) is 4.39 Å². The van der Waals surface area contributed by atoms with E-state index >= 15 is 0 Å². The largest absolute Gasteiger partial charge is 0.481 e. The summed E-state index contributed by atoms with van der Waals surface area (Å²) in [7, 11) is 0. The standard InChI is InChI=1S/C19H16ClFN2O4/c1-10-15-9-12(20)3-8-16(15)27-17(10)19(25)23-22-18(24)11(2)26-14-6-4-13(21)5-7-14/h3-9,11H,1-2H3,(H,22,24)(H,23,25)/t11-/m1/s1. The van der Waals surface area contributed by atoms with Gasteiger partial charge in [0.05, 0.1) is 0 Å². The zero-order valence-corrected chi connectivity index (χ0v) is 15.3. The molecule has 0 aliphatic rings. The van der Waals surface area contributed by atoms with Gasteiger partial charge in [-0.2, -0.15) is 0 Å². The molecular weight excluding hydrogens is 375 g/mol. The molecule has 3 rings (SSSR count). The van der Waals surface area contributed by atoms with Crippen molar-refractivity contribution < 1.29 is 23.1 Å². The van der Waals surface area contributed by atoms with Crippen molar-refractivity contribution in [3.63, 3.8) is 0 Å². The van der Waals surface area contributed by atoms with E-state index in [1.54, 1.807) is 25.1 Å². The molecular formula is C19H16ClFN2O4. The van der Waals surface area contributed by atoms with E-state index in [4.69, 9.17) is 20.8 Å². The maximum absolute atomic E-state index is 12.9. The maximum atomic E-state index is 12.9. The summed E-state index contributed by atoms with van der Waals surface area (Å²) in [5.74, 6) is -1.20. The van der Waals surface area contributed by atoms with Crippen LogP contribution in [-0.4, -0.2) is 17.9 Å². The van der Waals surface area contributed by atoms with Gasteiger partial charge in [-0.15, -0.1) is 0 Å². The number of fused-ring (bicyclic) bond motifs is 1. The van der Waals surface area contributed by atoms with E-state index in [-0.39, 0.29) is 5.76 Å². The van der Waals surface area contributed by atoms with Crippen LogP contribution in [0.3, 0.4) is 0 Å². The first-order valence-electron chi connectivity index (χ1n) is 8.06. The Bertz CT molecular complexity index is 1000. The van der Waals surface area contributed by atoms with Crippen molar-refractivity contribution >= 4 is 34.4 Å². The van der Waals surface area contributed by atoms with E-state index in [0.717, 1.165) is 0 Å². The smallest absolute Gasteiger partial charge is 0.305 e. The van der Waals surface area contributed by atoms with Crippen molar-refractivity contribution in [1.82, 2.24) is 10.9 Å². The Morgan fingerprint density at radius 1 is 1.15 bits per heavy atom. The van der Waals surface area contributed by atoms with Crippen molar-refractivity contribution in [1.29, 1.82) is 0 Å². The van der Waals surface area contributed by atoms with Gasteiger partial charge >= 0.3 is 5.91 Å². The molecule has 0 saturated carbocycles. The van der Waals surface area contributed by atoms with Gasteiger partial charge in [0.1, 0.15) is 17.1 Å². The van der Waals surface area contributed by atoms with E-state index in [9.17, 15) is 14.0 Å². The first-order chi connectivity index (χ1) is 12.8. The van der Waals surface area contributed by atoms with E-state index in [1.165, 1.54) is 31.2 Å². The zero-order chi connectivity index (χ0) is 19.6. The fourth-order valence-electron chi connectivity index (χ4n) is 2.46. The molecule has 0 fully saturated rings. The molecule has 1 heterocycles. The number of rotatable bonds is 4. The molecule has 2 amide bonds. The number of hydrogen-bond acceptors (Lipinski definition) is 4. The van der Waals surface area contributed by atoms with Gasteiger partial charge in [0.15, 0.2) is 11.9 Å².